The van der Waals surface area contributed by atoms with Gasteiger partial charge in [0.1, 0.15) is 33.9 Å². The molecule has 686 valence electrons. The van der Waals surface area contributed by atoms with Crippen molar-refractivity contribution in [3.05, 3.63) is 129 Å². The molecule has 4 amide bonds. The summed E-state index contributed by atoms with van der Waals surface area (Å²) in [7, 11) is -1.09. The highest BCUT2D eigenvalue weighted by Gasteiger charge is 2.54. The second kappa shape index (κ2) is 43.0. The molecule has 29 nitrogen and oxygen atoms in total. The molecule has 0 atom stereocenters. The number of amides is 4. The fourth-order valence-corrected chi connectivity index (χ4v) is 14.3. The number of aromatic hydroxyl groups is 2. The molecular weight excluding hydrogens is 1660 g/mol. The number of phenols is 2. The maximum Gasteiger partial charge on any atom is 0.495 e. The van der Waals surface area contributed by atoms with Gasteiger partial charge in [0, 0.05) is 175 Å². The van der Waals surface area contributed by atoms with Crippen LogP contribution in [0.25, 0.3) is 0 Å². The van der Waals surface area contributed by atoms with Crippen molar-refractivity contribution in [3.8, 4) is 11.5 Å². The molecule has 7 saturated heterocycles. The maximum atomic E-state index is 12.5. The van der Waals surface area contributed by atoms with Crippen LogP contribution in [0, 0.1) is 6.92 Å². The Kier molecular flexibility index (Phi) is 35.4. The Morgan fingerprint density at radius 2 is 0.576 bits per heavy atom. The van der Waals surface area contributed by atoms with E-state index in [1.165, 1.54) is 26.0 Å². The number of anilines is 4. The Bertz CT molecular complexity index is 4450. The van der Waals surface area contributed by atoms with E-state index in [1.807, 2.05) is 194 Å². The normalized spacial score (nSPS) is 18.0. The Morgan fingerprint density at radius 3 is 0.864 bits per heavy atom. The van der Waals surface area contributed by atoms with Crippen molar-refractivity contribution in [2.24, 2.45) is 0 Å². The zero-order valence-corrected chi connectivity index (χ0v) is 80.3. The van der Waals surface area contributed by atoms with Gasteiger partial charge in [-0.2, -0.15) is 0 Å². The van der Waals surface area contributed by atoms with Crippen LogP contribution in [0.1, 0.15) is 230 Å². The van der Waals surface area contributed by atoms with E-state index >= 15 is 0 Å². The number of ether oxygens (including phenoxy) is 4. The first kappa shape index (κ1) is 103. The van der Waals surface area contributed by atoms with Crippen molar-refractivity contribution in [1.29, 1.82) is 0 Å². The molecule has 0 aliphatic carbocycles. The number of phenolic OH excluding ortho intramolecular Hbond substituents is 2. The number of piperazine rings is 5. The number of carbonyl (C=O) groups is 9. The van der Waals surface area contributed by atoms with Gasteiger partial charge in [0.15, 0.2) is 28.9 Å². The number of benzene rings is 5. The van der Waals surface area contributed by atoms with Crippen LogP contribution >= 0.6 is 15.9 Å². The predicted octanol–water partition coefficient (Wildman–Crippen LogP) is 13.9. The highest BCUT2D eigenvalue weighted by atomic mass is 79.9. The lowest BCUT2D eigenvalue weighted by molar-refractivity contribution is 0.00578. The van der Waals surface area contributed by atoms with Gasteiger partial charge in [-0.25, -0.2) is 19.2 Å². The second-order valence-electron chi connectivity index (χ2n) is 38.2. The lowest BCUT2D eigenvalue weighted by atomic mass is 9.75. The molecule has 0 bridgehead atoms. The Morgan fingerprint density at radius 1 is 0.336 bits per heavy atom. The van der Waals surface area contributed by atoms with E-state index in [2.05, 4.69) is 52.2 Å². The summed E-state index contributed by atoms with van der Waals surface area (Å²) < 4.78 is 46.9. The standard InChI is InChI=1S/C23H35BN2O5.C18H27BN2O3.C18H26N2O3.C17H24N2O4.C9H18N2O2.C8H7BrO2/c1-16(27)18-15-17(9-10-19(18)24-30-22(5,6)23(7,8)31-24)25-11-13-26(14-12-25)20(28)29-21(2,3)4;1-13(22)15-12-14(21-10-8-20-9-11-21)6-7-16(15)19-23-17(2,3)18(4,5)24-19;1-13-6-7-15(12-16(13)14(2)21)19-8-10-20(11-9-19)17(22)23-18(3,4)5;1-12(20)14-11-13(5-6-15(14)21)18-7-9-19(10-8-18)16(22)23-17(2,3)4;1-9(2,3)13-8(12)11-6-4-10-5-7-11;1-5(10)7-4-6(9)2-3-8(7)11/h9-10,15H,11-14H2,1-8H3;6-7,12,20H,8-11H2,1-5H3;6-7,12H,8-11H2,1-5H3;5-6,11,21H,7-10H2,1-4H3;10H,4-7H2,1-3H3;2-4,11H,1H3. The second-order valence-corrected chi connectivity index (χ2v) is 39.1. The van der Waals surface area contributed by atoms with E-state index < -0.39 is 53.4 Å². The van der Waals surface area contributed by atoms with Crippen molar-refractivity contribution < 1.29 is 90.9 Å². The van der Waals surface area contributed by atoms with E-state index in [0.717, 1.165) is 115 Å². The van der Waals surface area contributed by atoms with Gasteiger partial charge in [0.05, 0.1) is 33.5 Å². The fraction of sp³-hybridized carbons (Fsp3) is 0.581. The molecule has 0 unspecified atom stereocenters. The molecule has 7 aliphatic heterocycles. The topological polar surface area (TPSA) is 318 Å². The van der Waals surface area contributed by atoms with E-state index in [0.29, 0.717) is 87.7 Å². The third-order valence-electron chi connectivity index (χ3n) is 22.3. The first-order chi connectivity index (χ1) is 57.9. The third-order valence-corrected chi connectivity index (χ3v) is 22.8. The summed E-state index contributed by atoms with van der Waals surface area (Å²) in [4.78, 5) is 122. The summed E-state index contributed by atoms with van der Waals surface area (Å²) in [6, 6.07) is 27.6. The van der Waals surface area contributed by atoms with Crippen LogP contribution in [0.15, 0.2) is 95.5 Å². The zero-order valence-electron chi connectivity index (χ0n) is 78.7. The van der Waals surface area contributed by atoms with Gasteiger partial charge in [0.2, 0.25) is 0 Å². The van der Waals surface area contributed by atoms with Crippen molar-refractivity contribution in [2.45, 2.75) is 225 Å². The molecule has 125 heavy (non-hydrogen) atoms. The van der Waals surface area contributed by atoms with Crippen molar-refractivity contribution in [2.75, 3.05) is 150 Å². The molecule has 4 N–H and O–H groups in total. The SMILES string of the molecule is CC(=O)c1cc(Br)ccc1O.CC(=O)c1cc(N2CCN(C(=O)OC(C)(C)C)CC2)ccc1B1OC(C)(C)C(C)(C)O1.CC(=O)c1cc(N2CCN(C(=O)OC(C)(C)C)CC2)ccc1C.CC(=O)c1cc(N2CCN(C(=O)OC(C)(C)C)CC2)ccc1O.CC(=O)c1cc(N2CCNCC2)ccc1B1OC(C)(C)C(C)(C)O1.CC(C)(C)OC(=O)N1CCNCC1. The molecule has 32 heteroatoms. The number of hydrogen-bond acceptors (Lipinski definition) is 25. The van der Waals surface area contributed by atoms with Crippen LogP contribution in [0.5, 0.6) is 11.5 Å². The van der Waals surface area contributed by atoms with Crippen LogP contribution in [0.4, 0.5) is 41.9 Å². The number of halogens is 1. The molecule has 0 aromatic heterocycles. The Hall–Kier alpha value is -9.30. The van der Waals surface area contributed by atoms with Crippen LogP contribution in [0.2, 0.25) is 0 Å². The summed E-state index contributed by atoms with van der Waals surface area (Å²) in [5.74, 6) is -0.192. The quantitative estimate of drug-likeness (QED) is 0.0542. The van der Waals surface area contributed by atoms with Crippen LogP contribution in [-0.2, 0) is 37.6 Å². The third kappa shape index (κ3) is 30.2. The van der Waals surface area contributed by atoms with Crippen LogP contribution < -0.4 is 41.2 Å². The summed E-state index contributed by atoms with van der Waals surface area (Å²) in [6.07, 6.45) is -1.04. The lowest BCUT2D eigenvalue weighted by Crippen LogP contribution is -2.50. The fourth-order valence-electron chi connectivity index (χ4n) is 13.9. The summed E-state index contributed by atoms with van der Waals surface area (Å²) in [5.41, 5.74) is 5.59. The average molecular weight is 1800 g/mol. The smallest absolute Gasteiger partial charge is 0.495 e. The molecule has 7 aliphatic rings. The minimum atomic E-state index is -0.582. The summed E-state index contributed by atoms with van der Waals surface area (Å²) in [6.45, 7) is 62.7. The molecule has 12 rings (SSSR count). The van der Waals surface area contributed by atoms with Crippen molar-refractivity contribution in [3.63, 3.8) is 0 Å². The number of hydrogen-bond donors (Lipinski definition) is 4. The molecule has 7 heterocycles. The molecule has 7 fully saturated rings. The van der Waals surface area contributed by atoms with E-state index in [4.69, 9.17) is 42.7 Å². The molecule has 0 spiro atoms. The van der Waals surface area contributed by atoms with Gasteiger partial charge in [-0.05, 0) is 269 Å². The van der Waals surface area contributed by atoms with Gasteiger partial charge >= 0.3 is 38.6 Å². The molecule has 5 aromatic rings. The van der Waals surface area contributed by atoms with Crippen LogP contribution in [0.3, 0.4) is 0 Å². The van der Waals surface area contributed by atoms with Crippen molar-refractivity contribution >= 4 is 117 Å². The number of nitrogens with one attached hydrogen (secondary N) is 2. The van der Waals surface area contributed by atoms with Gasteiger partial charge in [-0.15, -0.1) is 0 Å². The Labute approximate surface area is 749 Å². The van der Waals surface area contributed by atoms with Gasteiger partial charge < -0.3 is 97.6 Å². The monoisotopic (exact) mass is 1800 g/mol. The predicted molar refractivity (Wildman–Crippen MR) is 495 cm³/mol. The van der Waals surface area contributed by atoms with Gasteiger partial charge in [-0.3, -0.25) is 24.0 Å². The highest BCUT2D eigenvalue weighted by Crippen LogP contribution is 2.39. The average Bonchev–Trinajstić information content (AvgIpc) is 1.62. The largest absolute Gasteiger partial charge is 0.507 e. The first-order valence-electron chi connectivity index (χ1n) is 43.1. The number of rotatable bonds is 11. The zero-order chi connectivity index (χ0) is 93.4. The highest BCUT2D eigenvalue weighted by molar-refractivity contribution is 9.10. The van der Waals surface area contributed by atoms with Crippen LogP contribution in [-0.4, -0.2) is 273 Å². The van der Waals surface area contributed by atoms with E-state index in [-0.39, 0.29) is 70.4 Å². The van der Waals surface area contributed by atoms with Crippen molar-refractivity contribution in [1.82, 2.24) is 30.2 Å². The minimum Gasteiger partial charge on any atom is -0.507 e. The molecular formula is C93H137B2BrN10O19. The Balaban J connectivity index is 0.000000212. The number of ketones is 5. The number of nitrogens with zero attached hydrogens (tertiary/aromatic N) is 8. The number of aryl methyl sites for hydroxylation is 1. The minimum absolute atomic E-state index is 0.00589. The molecule has 0 saturated carbocycles. The molecule has 5 aromatic carbocycles. The summed E-state index contributed by atoms with van der Waals surface area (Å²) >= 11 is 3.20. The van der Waals surface area contributed by atoms with E-state index in [1.54, 1.807) is 64.6 Å². The maximum absolute atomic E-state index is 12.5. The first-order valence-corrected chi connectivity index (χ1v) is 43.9. The van der Waals surface area contributed by atoms with Gasteiger partial charge in [-0.1, -0.05) is 34.1 Å². The summed E-state index contributed by atoms with van der Waals surface area (Å²) in [5, 5.41) is 25.4. The molecule has 0 radical (unpaired) electrons. The van der Waals surface area contributed by atoms with Gasteiger partial charge in [0.25, 0.3) is 0 Å². The number of carbonyl (C=O) groups excluding carboxylic acids is 9. The van der Waals surface area contributed by atoms with E-state index in [9.17, 15) is 48.3 Å². The lowest BCUT2D eigenvalue weighted by Gasteiger charge is -2.37. The number of Topliss-reactive ketones (excluding diaryl/α,β-unsaturated/α-hetero) is 5.